The Labute approximate surface area is 175 Å². The van der Waals surface area contributed by atoms with Crippen molar-refractivity contribution < 1.29 is 18.7 Å². The van der Waals surface area contributed by atoms with E-state index in [1.807, 2.05) is 17.1 Å². The Morgan fingerprint density at radius 3 is 2.40 bits per heavy atom. The molecule has 0 spiro atoms. The second-order valence-electron chi connectivity index (χ2n) is 9.16. The third-order valence-corrected chi connectivity index (χ3v) is 5.45. The molecule has 1 amide bonds. The van der Waals surface area contributed by atoms with Gasteiger partial charge in [-0.15, -0.1) is 0 Å². The molecule has 8 heteroatoms. The molecule has 30 heavy (non-hydrogen) atoms. The number of nitrogens with zero attached hydrogens (tertiary/aromatic N) is 2. The van der Waals surface area contributed by atoms with E-state index in [4.69, 9.17) is 0 Å². The fourth-order valence-electron chi connectivity index (χ4n) is 3.60. The first-order valence-corrected chi connectivity index (χ1v) is 10.2. The summed E-state index contributed by atoms with van der Waals surface area (Å²) in [7, 11) is 0. The molecule has 0 bridgehead atoms. The molecule has 0 saturated heterocycles. The number of carbonyl (C=O) groups excluding carboxylic acids is 1. The Morgan fingerprint density at radius 1 is 1.27 bits per heavy atom. The Morgan fingerprint density at radius 2 is 1.90 bits per heavy atom. The van der Waals surface area contributed by atoms with E-state index in [1.165, 1.54) is 19.1 Å². The van der Waals surface area contributed by atoms with Crippen LogP contribution in [0.4, 0.5) is 8.78 Å². The van der Waals surface area contributed by atoms with Gasteiger partial charge in [-0.1, -0.05) is 0 Å². The van der Waals surface area contributed by atoms with Crippen LogP contribution < -0.4 is 10.6 Å². The molecule has 1 heterocycles. The normalized spacial score (nSPS) is 17.4. The van der Waals surface area contributed by atoms with Gasteiger partial charge in [-0.3, -0.25) is 9.48 Å². The van der Waals surface area contributed by atoms with E-state index >= 15 is 0 Å². The van der Waals surface area contributed by atoms with Gasteiger partial charge in [0.05, 0.1) is 23.9 Å². The van der Waals surface area contributed by atoms with Crippen LogP contribution in [0, 0.1) is 11.6 Å². The van der Waals surface area contributed by atoms with Gasteiger partial charge in [0, 0.05) is 36.8 Å². The molecule has 1 fully saturated rings. The molecule has 1 saturated carbocycles. The number of carbonyl (C=O) groups is 1. The molecule has 3 N–H and O–H groups in total. The van der Waals surface area contributed by atoms with Crippen molar-refractivity contribution in [3.63, 3.8) is 0 Å². The lowest BCUT2D eigenvalue weighted by atomic mass is 10.00. The molecule has 6 nitrogen and oxygen atoms in total. The number of halogens is 2. The predicted molar refractivity (Wildman–Crippen MR) is 110 cm³/mol. The highest BCUT2D eigenvalue weighted by Gasteiger charge is 2.45. The lowest BCUT2D eigenvalue weighted by Crippen LogP contribution is -2.49. The minimum atomic E-state index is -0.935. The standard InChI is InChI=1S/C22H30F2N4O2/c1-14(29)27-19(9-15-7-17(23)10-18(24)8-15)20(30)12-25-22(5-6-22)16-11-26-28(13-16)21(2,3)4/h7-8,10-11,13,19-20,25,30H,5-6,9,12H2,1-4H3,(H,27,29). The van der Waals surface area contributed by atoms with Gasteiger partial charge in [0.2, 0.25) is 5.91 Å². The summed E-state index contributed by atoms with van der Waals surface area (Å²) in [6.45, 7) is 7.81. The SMILES string of the molecule is CC(=O)NC(Cc1cc(F)cc(F)c1)C(O)CNC1(c2cnn(C(C)(C)C)c2)CC1. The van der Waals surface area contributed by atoms with Gasteiger partial charge in [-0.05, 0) is 57.7 Å². The summed E-state index contributed by atoms with van der Waals surface area (Å²) >= 11 is 0. The Balaban J connectivity index is 1.67. The average Bonchev–Trinajstić information content (AvgIpc) is 3.22. The van der Waals surface area contributed by atoms with E-state index in [0.29, 0.717) is 5.56 Å². The van der Waals surface area contributed by atoms with Gasteiger partial charge < -0.3 is 15.7 Å². The number of nitrogens with one attached hydrogen (secondary N) is 2. The largest absolute Gasteiger partial charge is 0.390 e. The quantitative estimate of drug-likeness (QED) is 0.613. The number of hydrogen-bond acceptors (Lipinski definition) is 4. The number of aliphatic hydroxyl groups is 1. The summed E-state index contributed by atoms with van der Waals surface area (Å²) in [4.78, 5) is 11.6. The zero-order chi connectivity index (χ0) is 22.1. The van der Waals surface area contributed by atoms with Crippen molar-refractivity contribution in [2.75, 3.05) is 6.54 Å². The maximum absolute atomic E-state index is 13.5. The summed E-state index contributed by atoms with van der Waals surface area (Å²) in [5.74, 6) is -1.69. The Bertz CT molecular complexity index is 883. The van der Waals surface area contributed by atoms with Crippen molar-refractivity contribution in [2.24, 2.45) is 0 Å². The predicted octanol–water partition coefficient (Wildman–Crippen LogP) is 2.60. The molecule has 2 aromatic rings. The van der Waals surface area contributed by atoms with Crippen molar-refractivity contribution in [1.82, 2.24) is 20.4 Å². The smallest absolute Gasteiger partial charge is 0.217 e. The Hall–Kier alpha value is -2.32. The van der Waals surface area contributed by atoms with Crippen molar-refractivity contribution >= 4 is 5.91 Å². The molecule has 1 aromatic carbocycles. The zero-order valence-corrected chi connectivity index (χ0v) is 17.9. The number of aromatic nitrogens is 2. The van der Waals surface area contributed by atoms with Gasteiger partial charge >= 0.3 is 0 Å². The molecular formula is C22H30F2N4O2. The van der Waals surface area contributed by atoms with E-state index in [1.54, 1.807) is 0 Å². The fraction of sp³-hybridized carbons (Fsp3) is 0.545. The molecule has 2 unspecified atom stereocenters. The van der Waals surface area contributed by atoms with E-state index < -0.39 is 23.8 Å². The topological polar surface area (TPSA) is 79.2 Å². The van der Waals surface area contributed by atoms with Crippen LogP contribution in [-0.4, -0.2) is 39.5 Å². The third-order valence-electron chi connectivity index (χ3n) is 5.45. The number of rotatable bonds is 8. The maximum atomic E-state index is 13.5. The summed E-state index contributed by atoms with van der Waals surface area (Å²) in [6.07, 6.45) is 4.90. The first-order chi connectivity index (χ1) is 14.0. The molecule has 164 valence electrons. The number of amides is 1. The van der Waals surface area contributed by atoms with Crippen LogP contribution in [0.1, 0.15) is 51.7 Å². The van der Waals surface area contributed by atoms with Gasteiger partial charge in [0.1, 0.15) is 11.6 Å². The first kappa shape index (κ1) is 22.4. The zero-order valence-electron chi connectivity index (χ0n) is 17.9. The lowest BCUT2D eigenvalue weighted by Gasteiger charge is -2.26. The van der Waals surface area contributed by atoms with Crippen LogP contribution in [0.15, 0.2) is 30.6 Å². The monoisotopic (exact) mass is 420 g/mol. The molecule has 3 rings (SSSR count). The van der Waals surface area contributed by atoms with Crippen LogP contribution in [0.25, 0.3) is 0 Å². The molecule has 1 aliphatic rings. The van der Waals surface area contributed by atoms with Crippen LogP contribution in [-0.2, 0) is 22.3 Å². The van der Waals surface area contributed by atoms with Crippen molar-refractivity contribution in [1.29, 1.82) is 0 Å². The highest BCUT2D eigenvalue weighted by molar-refractivity contribution is 5.73. The molecule has 1 aromatic heterocycles. The van der Waals surface area contributed by atoms with Gasteiger partial charge in [-0.25, -0.2) is 8.78 Å². The molecule has 2 atom stereocenters. The molecule has 1 aliphatic carbocycles. The second-order valence-corrected chi connectivity index (χ2v) is 9.16. The summed E-state index contributed by atoms with van der Waals surface area (Å²) in [5.41, 5.74) is 1.08. The number of benzene rings is 1. The summed E-state index contributed by atoms with van der Waals surface area (Å²) in [5, 5.41) is 21.3. The molecule has 0 aliphatic heterocycles. The summed E-state index contributed by atoms with van der Waals surface area (Å²) < 4.78 is 29.0. The average molecular weight is 421 g/mol. The third kappa shape index (κ3) is 5.43. The minimum absolute atomic E-state index is 0.117. The van der Waals surface area contributed by atoms with Crippen molar-refractivity contribution in [3.8, 4) is 0 Å². The highest BCUT2D eigenvalue weighted by Crippen LogP contribution is 2.45. The van der Waals surface area contributed by atoms with E-state index in [2.05, 4.69) is 36.5 Å². The highest BCUT2D eigenvalue weighted by atomic mass is 19.1. The van der Waals surface area contributed by atoms with Crippen LogP contribution >= 0.6 is 0 Å². The number of hydrogen-bond donors (Lipinski definition) is 3. The first-order valence-electron chi connectivity index (χ1n) is 10.2. The van der Waals surface area contributed by atoms with Crippen LogP contribution in [0.2, 0.25) is 0 Å². The van der Waals surface area contributed by atoms with E-state index in [9.17, 15) is 18.7 Å². The van der Waals surface area contributed by atoms with Gasteiger partial charge in [0.25, 0.3) is 0 Å². The molecule has 0 radical (unpaired) electrons. The lowest BCUT2D eigenvalue weighted by molar-refractivity contribution is -0.120. The maximum Gasteiger partial charge on any atom is 0.217 e. The van der Waals surface area contributed by atoms with Crippen LogP contribution in [0.3, 0.4) is 0 Å². The van der Waals surface area contributed by atoms with E-state index in [0.717, 1.165) is 24.5 Å². The second kappa shape index (κ2) is 8.43. The van der Waals surface area contributed by atoms with Crippen molar-refractivity contribution in [2.45, 2.75) is 70.2 Å². The van der Waals surface area contributed by atoms with Crippen molar-refractivity contribution in [3.05, 3.63) is 53.4 Å². The van der Waals surface area contributed by atoms with E-state index in [-0.39, 0.29) is 30.0 Å². The minimum Gasteiger partial charge on any atom is -0.390 e. The van der Waals surface area contributed by atoms with Gasteiger partial charge in [-0.2, -0.15) is 5.10 Å². The summed E-state index contributed by atoms with van der Waals surface area (Å²) in [6, 6.07) is 2.54. The molecular weight excluding hydrogens is 390 g/mol. The fourth-order valence-corrected chi connectivity index (χ4v) is 3.60. The van der Waals surface area contributed by atoms with Gasteiger partial charge in [0.15, 0.2) is 0 Å². The van der Waals surface area contributed by atoms with Crippen LogP contribution in [0.5, 0.6) is 0 Å². The Kier molecular flexibility index (Phi) is 6.29. The number of aliphatic hydroxyl groups excluding tert-OH is 1.